The van der Waals surface area contributed by atoms with Crippen LogP contribution >= 0.6 is 23.4 Å². The molecule has 1 aromatic heterocycles. The van der Waals surface area contributed by atoms with Gasteiger partial charge in [-0.3, -0.25) is 0 Å². The van der Waals surface area contributed by atoms with Crippen LogP contribution in [0.3, 0.4) is 0 Å². The minimum absolute atomic E-state index is 0.450. The van der Waals surface area contributed by atoms with E-state index in [9.17, 15) is 0 Å². The minimum atomic E-state index is 0.450. The first-order valence-corrected chi connectivity index (χ1v) is 8.63. The number of hydrogen-bond donors (Lipinski definition) is 1. The van der Waals surface area contributed by atoms with Crippen molar-refractivity contribution in [1.29, 1.82) is 5.26 Å². The van der Waals surface area contributed by atoms with Gasteiger partial charge in [-0.25, -0.2) is 4.98 Å². The standard InChI is InChI=1S/C17H16ClN3S/c18-16-4-2-13-5-7-20-8-6-15(13)17(16)22-11-12-1-3-14(9-19)21-10-12/h1-4,10,20H,5-8,11H2. The number of benzene rings is 1. The Bertz CT molecular complexity index is 707. The van der Waals surface area contributed by atoms with Crippen LogP contribution in [0.15, 0.2) is 35.4 Å². The average molecular weight is 330 g/mol. The van der Waals surface area contributed by atoms with Gasteiger partial charge in [0.1, 0.15) is 11.8 Å². The Morgan fingerprint density at radius 2 is 2.09 bits per heavy atom. The predicted octanol–water partition coefficient (Wildman–Crippen LogP) is 3.59. The highest BCUT2D eigenvalue weighted by molar-refractivity contribution is 7.98. The number of pyridine rings is 1. The molecule has 0 saturated carbocycles. The van der Waals surface area contributed by atoms with Gasteiger partial charge < -0.3 is 5.32 Å². The quantitative estimate of drug-likeness (QED) is 0.874. The van der Waals surface area contributed by atoms with Crippen molar-refractivity contribution in [3.63, 3.8) is 0 Å². The van der Waals surface area contributed by atoms with Crippen LogP contribution in [0.4, 0.5) is 0 Å². The van der Waals surface area contributed by atoms with E-state index in [0.29, 0.717) is 5.69 Å². The molecule has 5 heteroatoms. The van der Waals surface area contributed by atoms with Crippen LogP contribution < -0.4 is 5.32 Å². The number of rotatable bonds is 3. The lowest BCUT2D eigenvalue weighted by Gasteiger charge is -2.13. The molecular formula is C17H16ClN3S. The van der Waals surface area contributed by atoms with Crippen molar-refractivity contribution >= 4 is 23.4 Å². The van der Waals surface area contributed by atoms with E-state index >= 15 is 0 Å². The second-order valence-electron chi connectivity index (χ2n) is 5.22. The summed E-state index contributed by atoms with van der Waals surface area (Å²) in [6.45, 7) is 2.03. The molecule has 0 radical (unpaired) electrons. The molecule has 1 aliphatic heterocycles. The Labute approximate surface area is 139 Å². The van der Waals surface area contributed by atoms with E-state index in [-0.39, 0.29) is 0 Å². The van der Waals surface area contributed by atoms with E-state index in [4.69, 9.17) is 16.9 Å². The topological polar surface area (TPSA) is 48.7 Å². The Hall–Kier alpha value is -1.54. The molecule has 2 heterocycles. The molecule has 22 heavy (non-hydrogen) atoms. The lowest BCUT2D eigenvalue weighted by atomic mass is 10.0. The van der Waals surface area contributed by atoms with Crippen molar-refractivity contribution in [2.75, 3.05) is 13.1 Å². The van der Waals surface area contributed by atoms with Crippen molar-refractivity contribution in [1.82, 2.24) is 10.3 Å². The Morgan fingerprint density at radius 1 is 1.23 bits per heavy atom. The molecule has 0 saturated heterocycles. The minimum Gasteiger partial charge on any atom is -0.316 e. The summed E-state index contributed by atoms with van der Waals surface area (Å²) in [5.74, 6) is 0.808. The molecule has 3 rings (SSSR count). The van der Waals surface area contributed by atoms with E-state index in [1.807, 2.05) is 18.2 Å². The van der Waals surface area contributed by atoms with Gasteiger partial charge in [-0.1, -0.05) is 23.7 Å². The van der Waals surface area contributed by atoms with Crippen molar-refractivity contribution in [3.8, 4) is 6.07 Å². The number of fused-ring (bicyclic) bond motifs is 1. The number of nitrogens with one attached hydrogen (secondary N) is 1. The zero-order valence-corrected chi connectivity index (χ0v) is 13.7. The molecular weight excluding hydrogens is 314 g/mol. The molecule has 0 unspecified atom stereocenters. The molecule has 0 bridgehead atoms. The smallest absolute Gasteiger partial charge is 0.140 e. The first-order valence-electron chi connectivity index (χ1n) is 7.27. The maximum Gasteiger partial charge on any atom is 0.140 e. The van der Waals surface area contributed by atoms with Gasteiger partial charge in [-0.15, -0.1) is 11.8 Å². The molecule has 0 amide bonds. The average Bonchev–Trinajstić information content (AvgIpc) is 2.80. The monoisotopic (exact) mass is 329 g/mol. The number of hydrogen-bond acceptors (Lipinski definition) is 4. The summed E-state index contributed by atoms with van der Waals surface area (Å²) in [4.78, 5) is 5.30. The summed E-state index contributed by atoms with van der Waals surface area (Å²) in [5.41, 5.74) is 4.33. The maximum absolute atomic E-state index is 8.79. The summed E-state index contributed by atoms with van der Waals surface area (Å²) in [6, 6.07) is 9.91. The second-order valence-corrected chi connectivity index (χ2v) is 6.61. The van der Waals surface area contributed by atoms with E-state index in [2.05, 4.69) is 16.4 Å². The van der Waals surface area contributed by atoms with Gasteiger partial charge in [-0.2, -0.15) is 5.26 Å². The molecule has 2 aromatic rings. The molecule has 1 aromatic carbocycles. The highest BCUT2D eigenvalue weighted by Crippen LogP contribution is 2.35. The third-order valence-electron chi connectivity index (χ3n) is 3.75. The SMILES string of the molecule is N#Cc1ccc(CSc2c(Cl)ccc3c2CCNCC3)cn1. The lowest BCUT2D eigenvalue weighted by molar-refractivity contribution is 0.709. The van der Waals surface area contributed by atoms with Crippen molar-refractivity contribution in [3.05, 3.63) is 57.9 Å². The number of nitrogens with zero attached hydrogens (tertiary/aromatic N) is 2. The fourth-order valence-corrected chi connectivity index (χ4v) is 4.03. The molecule has 112 valence electrons. The van der Waals surface area contributed by atoms with Crippen LogP contribution in [0, 0.1) is 11.3 Å². The van der Waals surface area contributed by atoms with Crippen LogP contribution in [0.5, 0.6) is 0 Å². The Balaban J connectivity index is 1.81. The van der Waals surface area contributed by atoms with Crippen LogP contribution in [-0.4, -0.2) is 18.1 Å². The predicted molar refractivity (Wildman–Crippen MR) is 90.2 cm³/mol. The van der Waals surface area contributed by atoms with Gasteiger partial charge in [0, 0.05) is 16.8 Å². The van der Waals surface area contributed by atoms with E-state index in [1.165, 1.54) is 16.0 Å². The number of thioether (sulfide) groups is 1. The zero-order valence-electron chi connectivity index (χ0n) is 12.1. The molecule has 1 aliphatic rings. The van der Waals surface area contributed by atoms with Crippen LogP contribution in [0.2, 0.25) is 5.02 Å². The second kappa shape index (κ2) is 7.15. The van der Waals surface area contributed by atoms with Crippen LogP contribution in [0.1, 0.15) is 22.4 Å². The molecule has 0 aliphatic carbocycles. The van der Waals surface area contributed by atoms with Gasteiger partial charge in [0.15, 0.2) is 0 Å². The summed E-state index contributed by atoms with van der Waals surface area (Å²) in [6.07, 6.45) is 3.84. The highest BCUT2D eigenvalue weighted by Gasteiger charge is 2.15. The molecule has 1 N–H and O–H groups in total. The normalized spacial score (nSPS) is 14.0. The van der Waals surface area contributed by atoms with Gasteiger partial charge in [0.25, 0.3) is 0 Å². The van der Waals surface area contributed by atoms with Gasteiger partial charge in [-0.05, 0) is 54.8 Å². The largest absolute Gasteiger partial charge is 0.316 e. The molecule has 3 nitrogen and oxygen atoms in total. The molecule has 0 atom stereocenters. The summed E-state index contributed by atoms with van der Waals surface area (Å²) >= 11 is 8.18. The molecule has 0 fully saturated rings. The third-order valence-corrected chi connectivity index (χ3v) is 5.41. The van der Waals surface area contributed by atoms with Gasteiger partial charge in [0.05, 0.1) is 5.02 Å². The number of halogens is 1. The fraction of sp³-hybridized carbons (Fsp3) is 0.294. The molecule has 0 spiro atoms. The first kappa shape index (κ1) is 15.4. The van der Waals surface area contributed by atoms with Crippen LogP contribution in [0.25, 0.3) is 0 Å². The lowest BCUT2D eigenvalue weighted by Crippen LogP contribution is -2.16. The maximum atomic E-state index is 8.79. The van der Waals surface area contributed by atoms with E-state index in [1.54, 1.807) is 24.0 Å². The third kappa shape index (κ3) is 3.44. The summed E-state index contributed by atoms with van der Waals surface area (Å²) in [5, 5.41) is 13.1. The summed E-state index contributed by atoms with van der Waals surface area (Å²) < 4.78 is 0. The van der Waals surface area contributed by atoms with Gasteiger partial charge >= 0.3 is 0 Å². The number of nitriles is 1. The van der Waals surface area contributed by atoms with Crippen molar-refractivity contribution in [2.45, 2.75) is 23.5 Å². The zero-order chi connectivity index (χ0) is 15.4. The van der Waals surface area contributed by atoms with E-state index < -0.39 is 0 Å². The first-order chi connectivity index (χ1) is 10.8. The van der Waals surface area contributed by atoms with E-state index in [0.717, 1.165) is 42.3 Å². The fourth-order valence-electron chi connectivity index (χ4n) is 2.60. The summed E-state index contributed by atoms with van der Waals surface area (Å²) in [7, 11) is 0. The van der Waals surface area contributed by atoms with Crippen LogP contribution in [-0.2, 0) is 18.6 Å². The van der Waals surface area contributed by atoms with Crippen molar-refractivity contribution < 1.29 is 0 Å². The highest BCUT2D eigenvalue weighted by atomic mass is 35.5. The Morgan fingerprint density at radius 3 is 2.86 bits per heavy atom. The Kier molecular flexibility index (Phi) is 4.99. The van der Waals surface area contributed by atoms with Gasteiger partial charge in [0.2, 0.25) is 0 Å². The number of aromatic nitrogens is 1. The van der Waals surface area contributed by atoms with Crippen molar-refractivity contribution in [2.24, 2.45) is 0 Å².